The predicted molar refractivity (Wildman–Crippen MR) is 280 cm³/mol. The molecule has 2 nitrogen and oxygen atoms in total. The number of rotatable bonds is 6. The van der Waals surface area contributed by atoms with Crippen molar-refractivity contribution in [3.63, 3.8) is 0 Å². The molecule has 65 heavy (non-hydrogen) atoms. The minimum atomic E-state index is -0.533. The molecule has 322 valence electrons. The number of nitrogens with zero attached hydrogens (tertiary/aromatic N) is 2. The topological polar surface area (TPSA) is 6.48 Å². The molecule has 8 aromatic rings. The first-order valence-corrected chi connectivity index (χ1v) is 23.5. The van der Waals surface area contributed by atoms with Crippen molar-refractivity contribution in [2.75, 3.05) is 9.80 Å². The Morgan fingerprint density at radius 2 is 0.646 bits per heavy atom. The van der Waals surface area contributed by atoms with E-state index in [0.29, 0.717) is 0 Å². The second-order valence-electron chi connectivity index (χ2n) is 21.6. The molecule has 10 rings (SSSR count). The largest absolute Gasteiger partial charge is 0.311 e. The van der Waals surface area contributed by atoms with Gasteiger partial charge in [-0.25, -0.2) is 0 Å². The smallest absolute Gasteiger partial charge is 0.252 e. The summed E-state index contributed by atoms with van der Waals surface area (Å²) in [6.45, 7) is 23.2. The summed E-state index contributed by atoms with van der Waals surface area (Å²) in [5.74, 6) is 0. The van der Waals surface area contributed by atoms with Crippen LogP contribution in [0.4, 0.5) is 34.1 Å². The van der Waals surface area contributed by atoms with Gasteiger partial charge in [0.25, 0.3) is 6.71 Å². The zero-order chi connectivity index (χ0) is 45.5. The van der Waals surface area contributed by atoms with Gasteiger partial charge in [0, 0.05) is 34.1 Å². The summed E-state index contributed by atoms with van der Waals surface area (Å²) < 4.78 is 0. The maximum Gasteiger partial charge on any atom is 0.252 e. The minimum absolute atomic E-state index is 0.0163. The Morgan fingerprint density at radius 1 is 0.323 bits per heavy atom. The number of hydrogen-bond donors (Lipinski definition) is 0. The molecule has 0 unspecified atom stereocenters. The van der Waals surface area contributed by atoms with Gasteiger partial charge in [0.15, 0.2) is 0 Å². The van der Waals surface area contributed by atoms with Crippen molar-refractivity contribution in [3.05, 3.63) is 233 Å². The number of aryl methyl sites for hydroxylation is 1. The third kappa shape index (κ3) is 7.12. The molecule has 2 aliphatic heterocycles. The van der Waals surface area contributed by atoms with Crippen molar-refractivity contribution in [3.8, 4) is 0 Å². The monoisotopic (exact) mass is 844 g/mol. The zero-order valence-electron chi connectivity index (χ0n) is 39.9. The third-order valence-corrected chi connectivity index (χ3v) is 14.1. The highest BCUT2D eigenvalue weighted by Gasteiger charge is 2.45. The quantitative estimate of drug-likeness (QED) is 0.122. The second kappa shape index (κ2) is 15.6. The van der Waals surface area contributed by atoms with Crippen LogP contribution in [-0.2, 0) is 21.7 Å². The maximum absolute atomic E-state index is 2.56. The molecule has 3 heteroatoms. The van der Waals surface area contributed by atoms with E-state index in [-0.39, 0.29) is 23.0 Å². The van der Waals surface area contributed by atoms with Gasteiger partial charge in [-0.15, -0.1) is 0 Å². The molecule has 0 radical (unpaired) electrons. The molecule has 2 heterocycles. The van der Waals surface area contributed by atoms with E-state index in [4.69, 9.17) is 0 Å². The summed E-state index contributed by atoms with van der Waals surface area (Å²) in [6.07, 6.45) is 0. The van der Waals surface area contributed by atoms with Crippen molar-refractivity contribution in [2.45, 2.75) is 90.9 Å². The van der Waals surface area contributed by atoms with E-state index >= 15 is 0 Å². The molecule has 0 aliphatic carbocycles. The fourth-order valence-electron chi connectivity index (χ4n) is 10.7. The van der Waals surface area contributed by atoms with Crippen LogP contribution in [0, 0.1) is 6.92 Å². The Labute approximate surface area is 388 Å². The van der Waals surface area contributed by atoms with Crippen LogP contribution in [0.25, 0.3) is 0 Å². The van der Waals surface area contributed by atoms with E-state index in [9.17, 15) is 0 Å². The summed E-state index contributed by atoms with van der Waals surface area (Å²) >= 11 is 0. The Kier molecular flexibility index (Phi) is 10.1. The van der Waals surface area contributed by atoms with Crippen molar-refractivity contribution >= 4 is 57.2 Å². The van der Waals surface area contributed by atoms with Crippen molar-refractivity contribution in [2.24, 2.45) is 0 Å². The Bertz CT molecular complexity index is 2930. The van der Waals surface area contributed by atoms with Crippen LogP contribution in [0.15, 0.2) is 188 Å². The maximum atomic E-state index is 2.56. The summed E-state index contributed by atoms with van der Waals surface area (Å²) in [7, 11) is 0. The van der Waals surface area contributed by atoms with E-state index < -0.39 is 5.41 Å². The van der Waals surface area contributed by atoms with Gasteiger partial charge >= 0.3 is 0 Å². The average Bonchev–Trinajstić information content (AvgIpc) is 3.29. The molecule has 8 aromatic carbocycles. The fourth-order valence-corrected chi connectivity index (χ4v) is 10.7. The summed E-state index contributed by atoms with van der Waals surface area (Å²) in [5.41, 5.74) is 21.0. The summed E-state index contributed by atoms with van der Waals surface area (Å²) in [5, 5.41) is 0. The first-order chi connectivity index (χ1) is 31.0. The first-order valence-electron chi connectivity index (χ1n) is 23.5. The lowest BCUT2D eigenvalue weighted by Crippen LogP contribution is -2.61. The molecule has 0 saturated carbocycles. The van der Waals surface area contributed by atoms with Gasteiger partial charge in [0.05, 0.1) is 5.41 Å². The Hall–Kier alpha value is -6.58. The lowest BCUT2D eigenvalue weighted by atomic mass is 9.33. The van der Waals surface area contributed by atoms with Crippen LogP contribution in [-0.4, -0.2) is 6.71 Å². The summed E-state index contributed by atoms with van der Waals surface area (Å²) in [4.78, 5) is 5.10. The minimum Gasteiger partial charge on any atom is -0.311 e. The van der Waals surface area contributed by atoms with Gasteiger partial charge < -0.3 is 9.80 Å². The molecule has 0 aromatic heterocycles. The van der Waals surface area contributed by atoms with Crippen molar-refractivity contribution in [1.29, 1.82) is 0 Å². The lowest BCUT2D eigenvalue weighted by molar-refractivity contribution is 0.590. The molecule has 0 N–H and O–H groups in total. The van der Waals surface area contributed by atoms with Gasteiger partial charge in [0.2, 0.25) is 0 Å². The van der Waals surface area contributed by atoms with E-state index in [0.717, 1.165) is 5.69 Å². The Balaban J connectivity index is 1.23. The number of anilines is 6. The number of benzene rings is 8. The highest BCUT2D eigenvalue weighted by molar-refractivity contribution is 7.00. The van der Waals surface area contributed by atoms with E-state index in [2.05, 4.69) is 267 Å². The molecule has 0 amide bonds. The highest BCUT2D eigenvalue weighted by Crippen LogP contribution is 2.49. The van der Waals surface area contributed by atoms with Gasteiger partial charge in [-0.1, -0.05) is 202 Å². The third-order valence-electron chi connectivity index (χ3n) is 14.1. The van der Waals surface area contributed by atoms with E-state index in [1.807, 2.05) is 0 Å². The van der Waals surface area contributed by atoms with Crippen LogP contribution >= 0.6 is 0 Å². The molecular formula is C62H61BN2. The van der Waals surface area contributed by atoms with Crippen LogP contribution < -0.4 is 26.2 Å². The SMILES string of the molecule is Cc1cc2c3c(c1)N(c1ccc(C(c4ccccc4)(c4ccccc4)c4ccccc4)cc1)c1ccc(C(C)(C)C)cc1B3c1cc(C(C)(C)C)ccc1N2c1ccc(C(C)(C)C)cc1. The summed E-state index contributed by atoms with van der Waals surface area (Å²) in [6, 6.07) is 71.3. The molecule has 0 fully saturated rings. The molecule has 0 atom stereocenters. The fraction of sp³-hybridized carbons (Fsp3) is 0.226. The molecule has 0 saturated heterocycles. The molecule has 0 spiro atoms. The average molecular weight is 845 g/mol. The Morgan fingerprint density at radius 3 is 1.00 bits per heavy atom. The van der Waals surface area contributed by atoms with Crippen LogP contribution in [0.3, 0.4) is 0 Å². The molecule has 0 bridgehead atoms. The normalized spacial score (nSPS) is 13.6. The highest BCUT2D eigenvalue weighted by atomic mass is 15.2. The standard InChI is InChI=1S/C62H61BN2/c1-42-38-56-58-57(39-42)65(51-34-28-47(29-35-51)62(44-20-14-11-15-21-44,45-22-16-12-17-23-45)46-24-18-13-19-25-46)55-37-31-49(61(8,9)10)41-53(55)63(58)52-40-48(60(5,6)7)30-36-54(52)64(56)50-32-26-43(27-33-50)59(2,3)4/h11-41H,1-10H3. The van der Waals surface area contributed by atoms with Crippen LogP contribution in [0.2, 0.25) is 0 Å². The lowest BCUT2D eigenvalue weighted by Gasteiger charge is -2.45. The number of hydrogen-bond acceptors (Lipinski definition) is 2. The van der Waals surface area contributed by atoms with Gasteiger partial charge in [0.1, 0.15) is 0 Å². The van der Waals surface area contributed by atoms with Crippen LogP contribution in [0.1, 0.15) is 107 Å². The second-order valence-corrected chi connectivity index (χ2v) is 21.6. The first kappa shape index (κ1) is 42.4. The van der Waals surface area contributed by atoms with Crippen molar-refractivity contribution in [1.82, 2.24) is 0 Å². The van der Waals surface area contributed by atoms with Crippen molar-refractivity contribution < 1.29 is 0 Å². The molecule has 2 aliphatic rings. The van der Waals surface area contributed by atoms with E-state index in [1.54, 1.807) is 0 Å². The van der Waals surface area contributed by atoms with Gasteiger partial charge in [-0.3, -0.25) is 0 Å². The predicted octanol–water partition coefficient (Wildman–Crippen LogP) is 14.4. The van der Waals surface area contributed by atoms with Gasteiger partial charge in [-0.05, 0) is 133 Å². The molecular weight excluding hydrogens is 784 g/mol. The number of fused-ring (bicyclic) bond motifs is 4. The van der Waals surface area contributed by atoms with E-state index in [1.165, 1.54) is 89.3 Å². The van der Waals surface area contributed by atoms with Gasteiger partial charge in [-0.2, -0.15) is 0 Å². The zero-order valence-corrected chi connectivity index (χ0v) is 39.9. The van der Waals surface area contributed by atoms with Crippen LogP contribution in [0.5, 0.6) is 0 Å².